The zero-order valence-electron chi connectivity index (χ0n) is 16.4. The first-order valence-electron chi connectivity index (χ1n) is 9.40. The molecule has 0 bridgehead atoms. The molecule has 1 heterocycles. The van der Waals surface area contributed by atoms with Crippen molar-refractivity contribution in [1.82, 2.24) is 4.31 Å². The Morgan fingerprint density at radius 3 is 2.56 bits per heavy atom. The number of carbonyl (C=O) groups excluding carboxylic acids is 1. The van der Waals surface area contributed by atoms with Crippen LogP contribution in [0.15, 0.2) is 23.1 Å². The fourth-order valence-corrected chi connectivity index (χ4v) is 4.61. The molecule has 0 spiro atoms. The van der Waals surface area contributed by atoms with E-state index in [0.717, 1.165) is 19.3 Å². The molecular weight excluding hydrogens is 368 g/mol. The van der Waals surface area contributed by atoms with E-state index in [1.54, 1.807) is 12.1 Å². The Kier molecular flexibility index (Phi) is 8.07. The van der Waals surface area contributed by atoms with Gasteiger partial charge in [0, 0.05) is 25.4 Å². The normalized spacial score (nSPS) is 15.7. The van der Waals surface area contributed by atoms with Crippen LogP contribution in [0.25, 0.3) is 0 Å². The molecule has 1 aliphatic heterocycles. The summed E-state index contributed by atoms with van der Waals surface area (Å²) >= 11 is 0. The van der Waals surface area contributed by atoms with Crippen molar-refractivity contribution >= 4 is 21.6 Å². The lowest BCUT2D eigenvalue weighted by molar-refractivity contribution is -0.117. The molecule has 1 aliphatic rings. The number of hydrogen-bond donors (Lipinski definition) is 1. The average molecular weight is 399 g/mol. The zero-order chi connectivity index (χ0) is 19.9. The lowest BCUT2D eigenvalue weighted by Gasteiger charge is -2.26. The summed E-state index contributed by atoms with van der Waals surface area (Å²) in [7, 11) is -2.22. The minimum Gasteiger partial charge on any atom is -0.495 e. The molecule has 0 aromatic heterocycles. The van der Waals surface area contributed by atoms with Crippen LogP contribution < -0.4 is 10.1 Å². The highest BCUT2D eigenvalue weighted by molar-refractivity contribution is 7.89. The van der Waals surface area contributed by atoms with Crippen LogP contribution in [-0.2, 0) is 19.6 Å². The van der Waals surface area contributed by atoms with Gasteiger partial charge in [0.05, 0.1) is 20.1 Å². The Morgan fingerprint density at radius 2 is 1.93 bits per heavy atom. The second-order valence-corrected chi connectivity index (χ2v) is 9.00. The lowest BCUT2D eigenvalue weighted by atomic mass is 10.2. The van der Waals surface area contributed by atoms with E-state index < -0.39 is 10.0 Å². The van der Waals surface area contributed by atoms with E-state index in [0.29, 0.717) is 37.9 Å². The molecule has 1 N–H and O–H groups in total. The van der Waals surface area contributed by atoms with Crippen LogP contribution in [0.1, 0.15) is 39.5 Å². The van der Waals surface area contributed by atoms with Gasteiger partial charge in [0.1, 0.15) is 10.6 Å². The molecule has 2 rings (SSSR count). The molecule has 8 heteroatoms. The monoisotopic (exact) mass is 398 g/mol. The zero-order valence-corrected chi connectivity index (χ0v) is 17.2. The number of rotatable bonds is 9. The molecule has 1 aromatic rings. The number of anilines is 1. The van der Waals surface area contributed by atoms with Gasteiger partial charge >= 0.3 is 0 Å². The minimum absolute atomic E-state index is 0.0840. The number of piperidine rings is 1. The van der Waals surface area contributed by atoms with Crippen molar-refractivity contribution < 1.29 is 22.7 Å². The summed E-state index contributed by atoms with van der Waals surface area (Å²) in [5.74, 6) is 0.473. The predicted molar refractivity (Wildman–Crippen MR) is 105 cm³/mol. The van der Waals surface area contributed by atoms with Crippen LogP contribution in [0.5, 0.6) is 5.75 Å². The smallest absolute Gasteiger partial charge is 0.246 e. The Morgan fingerprint density at radius 1 is 1.22 bits per heavy atom. The van der Waals surface area contributed by atoms with E-state index in [4.69, 9.17) is 9.47 Å². The maximum absolute atomic E-state index is 13.0. The SMILES string of the molecule is COc1ccc(NC(=O)CCOCC(C)C)cc1S(=O)(=O)N1CCCCC1. The minimum atomic E-state index is -3.66. The van der Waals surface area contributed by atoms with Gasteiger partial charge in [-0.1, -0.05) is 20.3 Å². The number of benzene rings is 1. The number of methoxy groups -OCH3 is 1. The molecule has 1 saturated heterocycles. The molecule has 0 unspecified atom stereocenters. The van der Waals surface area contributed by atoms with Gasteiger partial charge in [-0.05, 0) is 37.0 Å². The molecular formula is C19H30N2O5S. The summed E-state index contributed by atoms with van der Waals surface area (Å²) in [5.41, 5.74) is 0.431. The number of sulfonamides is 1. The van der Waals surface area contributed by atoms with E-state index in [-0.39, 0.29) is 23.0 Å². The van der Waals surface area contributed by atoms with Crippen LogP contribution in [0.3, 0.4) is 0 Å². The lowest BCUT2D eigenvalue weighted by Crippen LogP contribution is -2.35. The van der Waals surface area contributed by atoms with Gasteiger partial charge in [-0.25, -0.2) is 8.42 Å². The predicted octanol–water partition coefficient (Wildman–Crippen LogP) is 2.87. The summed E-state index contributed by atoms with van der Waals surface area (Å²) in [6.07, 6.45) is 2.97. The van der Waals surface area contributed by atoms with Crippen molar-refractivity contribution in [3.8, 4) is 5.75 Å². The first-order chi connectivity index (χ1) is 12.8. The molecule has 1 amide bonds. The Hall–Kier alpha value is -1.64. The van der Waals surface area contributed by atoms with Gasteiger partial charge in [-0.15, -0.1) is 0 Å². The highest BCUT2D eigenvalue weighted by atomic mass is 32.2. The largest absolute Gasteiger partial charge is 0.495 e. The van der Waals surface area contributed by atoms with E-state index in [1.807, 2.05) is 13.8 Å². The van der Waals surface area contributed by atoms with Gasteiger partial charge in [0.15, 0.2) is 0 Å². The van der Waals surface area contributed by atoms with Gasteiger partial charge in [0.25, 0.3) is 0 Å². The first kappa shape index (κ1) is 21.7. The maximum atomic E-state index is 13.0. The standard InChI is InChI=1S/C19H30N2O5S/c1-15(2)14-26-12-9-19(22)20-16-7-8-17(25-3)18(13-16)27(23,24)21-10-5-4-6-11-21/h7-8,13,15H,4-6,9-12,14H2,1-3H3,(H,20,22). The van der Waals surface area contributed by atoms with E-state index in [2.05, 4.69) is 5.32 Å². The van der Waals surface area contributed by atoms with Gasteiger partial charge in [0.2, 0.25) is 15.9 Å². The molecule has 0 atom stereocenters. The highest BCUT2D eigenvalue weighted by Gasteiger charge is 2.29. The molecule has 7 nitrogen and oxygen atoms in total. The van der Waals surface area contributed by atoms with Gasteiger partial charge in [-0.2, -0.15) is 4.31 Å². The van der Waals surface area contributed by atoms with Crippen LogP contribution >= 0.6 is 0 Å². The van der Waals surface area contributed by atoms with Crippen molar-refractivity contribution in [1.29, 1.82) is 0 Å². The van der Waals surface area contributed by atoms with Crippen molar-refractivity contribution in [2.45, 2.75) is 44.4 Å². The van der Waals surface area contributed by atoms with Crippen LogP contribution in [0.2, 0.25) is 0 Å². The third-order valence-corrected chi connectivity index (χ3v) is 6.22. The summed E-state index contributed by atoms with van der Waals surface area (Å²) < 4.78 is 38.1. The number of hydrogen-bond acceptors (Lipinski definition) is 5. The maximum Gasteiger partial charge on any atom is 0.246 e. The molecule has 1 aromatic carbocycles. The van der Waals surface area contributed by atoms with Gasteiger partial charge < -0.3 is 14.8 Å². The first-order valence-corrected chi connectivity index (χ1v) is 10.8. The molecule has 0 radical (unpaired) electrons. The quantitative estimate of drug-likeness (QED) is 0.647. The fourth-order valence-electron chi connectivity index (χ4n) is 2.91. The van der Waals surface area contributed by atoms with Crippen molar-refractivity contribution in [2.24, 2.45) is 5.92 Å². The second-order valence-electron chi connectivity index (χ2n) is 7.10. The summed E-state index contributed by atoms with van der Waals surface area (Å²) in [6.45, 7) is 6.04. The third-order valence-electron chi connectivity index (χ3n) is 4.30. The summed E-state index contributed by atoms with van der Waals surface area (Å²) in [5, 5.41) is 2.74. The van der Waals surface area contributed by atoms with E-state index in [1.165, 1.54) is 17.5 Å². The van der Waals surface area contributed by atoms with Gasteiger partial charge in [-0.3, -0.25) is 4.79 Å². The fraction of sp³-hybridized carbons (Fsp3) is 0.632. The number of nitrogens with one attached hydrogen (secondary N) is 1. The van der Waals surface area contributed by atoms with Crippen molar-refractivity contribution in [2.75, 3.05) is 38.7 Å². The van der Waals surface area contributed by atoms with Crippen LogP contribution in [0, 0.1) is 5.92 Å². The Bertz CT molecular complexity index is 728. The molecule has 1 fully saturated rings. The summed E-state index contributed by atoms with van der Waals surface area (Å²) in [4.78, 5) is 12.2. The molecule has 27 heavy (non-hydrogen) atoms. The highest BCUT2D eigenvalue weighted by Crippen LogP contribution is 2.31. The van der Waals surface area contributed by atoms with E-state index >= 15 is 0 Å². The van der Waals surface area contributed by atoms with Crippen LogP contribution in [-0.4, -0.2) is 52.0 Å². The number of carbonyl (C=O) groups is 1. The van der Waals surface area contributed by atoms with E-state index in [9.17, 15) is 13.2 Å². The third kappa shape index (κ3) is 6.19. The number of ether oxygens (including phenoxy) is 2. The molecule has 152 valence electrons. The average Bonchev–Trinajstić information content (AvgIpc) is 2.65. The Labute approximate surface area is 162 Å². The molecule has 0 saturated carbocycles. The second kappa shape index (κ2) is 10.1. The molecule has 0 aliphatic carbocycles. The number of amides is 1. The van der Waals surface area contributed by atoms with Crippen molar-refractivity contribution in [3.63, 3.8) is 0 Å². The summed E-state index contributed by atoms with van der Waals surface area (Å²) in [6, 6.07) is 4.68. The van der Waals surface area contributed by atoms with Crippen molar-refractivity contribution in [3.05, 3.63) is 18.2 Å². The Balaban J connectivity index is 2.09. The van der Waals surface area contributed by atoms with Crippen LogP contribution in [0.4, 0.5) is 5.69 Å². The topological polar surface area (TPSA) is 84.9 Å². The number of nitrogens with zero attached hydrogens (tertiary/aromatic N) is 1.